The maximum Gasteiger partial charge on any atom is 0.136 e. The van der Waals surface area contributed by atoms with Gasteiger partial charge in [-0.25, -0.2) is 4.98 Å². The van der Waals surface area contributed by atoms with Crippen LogP contribution < -0.4 is 10.2 Å². The molecule has 0 aliphatic rings. The van der Waals surface area contributed by atoms with Crippen molar-refractivity contribution in [3.63, 3.8) is 0 Å². The molecule has 0 bridgehead atoms. The van der Waals surface area contributed by atoms with Gasteiger partial charge in [0.05, 0.1) is 6.61 Å². The first kappa shape index (κ1) is 14.6. The van der Waals surface area contributed by atoms with Crippen molar-refractivity contribution in [3.8, 4) is 0 Å². The van der Waals surface area contributed by atoms with E-state index in [0.717, 1.165) is 31.1 Å². The van der Waals surface area contributed by atoms with Gasteiger partial charge in [-0.2, -0.15) is 0 Å². The summed E-state index contributed by atoms with van der Waals surface area (Å²) in [5, 5.41) is 5.77. The van der Waals surface area contributed by atoms with E-state index in [1.54, 1.807) is 7.11 Å². The normalized spacial score (nSPS) is 10.8. The van der Waals surface area contributed by atoms with Crippen molar-refractivity contribution in [2.24, 2.45) is 0 Å². The molecule has 0 unspecified atom stereocenters. The second-order valence-corrected chi connectivity index (χ2v) is 4.66. The molecule has 20 heavy (non-hydrogen) atoms. The topological polar surface area (TPSA) is 37.4 Å². The monoisotopic (exact) mass is 273 g/mol. The lowest BCUT2D eigenvalue weighted by atomic mass is 10.1. The van der Waals surface area contributed by atoms with Crippen LogP contribution >= 0.6 is 0 Å². The second-order valence-electron chi connectivity index (χ2n) is 4.66. The third-order valence-electron chi connectivity index (χ3n) is 3.44. The summed E-state index contributed by atoms with van der Waals surface area (Å²) >= 11 is 0. The maximum absolute atomic E-state index is 5.05. The average molecular weight is 273 g/mol. The molecule has 0 aliphatic carbocycles. The molecule has 2 aromatic rings. The van der Waals surface area contributed by atoms with Crippen LogP contribution in [0, 0.1) is 0 Å². The zero-order valence-corrected chi connectivity index (χ0v) is 12.5. The number of nitrogens with zero attached hydrogens (tertiary/aromatic N) is 2. The average Bonchev–Trinajstić information content (AvgIpc) is 2.49. The molecule has 0 aliphatic heterocycles. The summed E-state index contributed by atoms with van der Waals surface area (Å²) in [6.07, 6.45) is 1.88. The SMILES string of the molecule is CCN(CC)c1nccc2cc(NCCOC)ccc12. The Morgan fingerprint density at radius 3 is 2.70 bits per heavy atom. The van der Waals surface area contributed by atoms with Crippen LogP contribution in [-0.4, -0.2) is 38.3 Å². The number of hydrogen-bond donors (Lipinski definition) is 1. The smallest absolute Gasteiger partial charge is 0.136 e. The minimum Gasteiger partial charge on any atom is -0.383 e. The molecule has 4 heteroatoms. The largest absolute Gasteiger partial charge is 0.383 e. The Bertz CT molecular complexity index is 552. The molecule has 0 saturated heterocycles. The Balaban J connectivity index is 2.30. The van der Waals surface area contributed by atoms with E-state index in [1.165, 1.54) is 10.8 Å². The van der Waals surface area contributed by atoms with Crippen molar-refractivity contribution in [2.75, 3.05) is 43.6 Å². The van der Waals surface area contributed by atoms with E-state index in [1.807, 2.05) is 6.20 Å². The Hall–Kier alpha value is -1.81. The van der Waals surface area contributed by atoms with E-state index in [2.05, 4.69) is 53.3 Å². The van der Waals surface area contributed by atoms with Crippen molar-refractivity contribution in [1.29, 1.82) is 0 Å². The minimum atomic E-state index is 0.707. The van der Waals surface area contributed by atoms with Gasteiger partial charge in [-0.3, -0.25) is 0 Å². The molecule has 0 fully saturated rings. The summed E-state index contributed by atoms with van der Waals surface area (Å²) < 4.78 is 5.05. The lowest BCUT2D eigenvalue weighted by Crippen LogP contribution is -2.23. The third kappa shape index (κ3) is 3.20. The van der Waals surface area contributed by atoms with Crippen LogP contribution in [0.2, 0.25) is 0 Å². The Labute approximate surface area is 120 Å². The number of fused-ring (bicyclic) bond motifs is 1. The van der Waals surface area contributed by atoms with Crippen molar-refractivity contribution in [3.05, 3.63) is 30.5 Å². The number of aromatic nitrogens is 1. The maximum atomic E-state index is 5.05. The van der Waals surface area contributed by atoms with Crippen LogP contribution in [0.4, 0.5) is 11.5 Å². The highest BCUT2D eigenvalue weighted by Gasteiger charge is 2.08. The second kappa shape index (κ2) is 7.10. The van der Waals surface area contributed by atoms with E-state index in [0.29, 0.717) is 6.61 Å². The number of methoxy groups -OCH3 is 1. The van der Waals surface area contributed by atoms with Crippen LogP contribution in [0.1, 0.15) is 13.8 Å². The van der Waals surface area contributed by atoms with Gasteiger partial charge in [0.2, 0.25) is 0 Å². The number of ether oxygens (including phenoxy) is 1. The molecule has 0 spiro atoms. The van der Waals surface area contributed by atoms with Crippen molar-refractivity contribution < 1.29 is 4.74 Å². The van der Waals surface area contributed by atoms with Gasteiger partial charge >= 0.3 is 0 Å². The molecular formula is C16H23N3O. The predicted octanol–water partition coefficient (Wildman–Crippen LogP) is 3.14. The van der Waals surface area contributed by atoms with Gasteiger partial charge in [0, 0.05) is 44.0 Å². The summed E-state index contributed by atoms with van der Waals surface area (Å²) in [7, 11) is 1.71. The summed E-state index contributed by atoms with van der Waals surface area (Å²) in [6, 6.07) is 8.47. The molecule has 1 aromatic carbocycles. The van der Waals surface area contributed by atoms with Crippen molar-refractivity contribution >= 4 is 22.3 Å². The highest BCUT2D eigenvalue weighted by Crippen LogP contribution is 2.26. The van der Waals surface area contributed by atoms with E-state index in [-0.39, 0.29) is 0 Å². The predicted molar refractivity (Wildman–Crippen MR) is 85.7 cm³/mol. The number of hydrogen-bond acceptors (Lipinski definition) is 4. The fraction of sp³-hybridized carbons (Fsp3) is 0.438. The Kier molecular flexibility index (Phi) is 5.18. The first-order valence-corrected chi connectivity index (χ1v) is 7.16. The van der Waals surface area contributed by atoms with Crippen molar-refractivity contribution in [1.82, 2.24) is 4.98 Å². The zero-order chi connectivity index (χ0) is 14.4. The van der Waals surface area contributed by atoms with Crippen LogP contribution in [0.15, 0.2) is 30.5 Å². The third-order valence-corrected chi connectivity index (χ3v) is 3.44. The summed E-state index contributed by atoms with van der Waals surface area (Å²) in [4.78, 5) is 6.82. The number of rotatable bonds is 7. The fourth-order valence-corrected chi connectivity index (χ4v) is 2.34. The molecule has 0 saturated carbocycles. The summed E-state index contributed by atoms with van der Waals surface area (Å²) in [5.74, 6) is 1.07. The first-order chi connectivity index (χ1) is 9.80. The van der Waals surface area contributed by atoms with Gasteiger partial charge in [0.25, 0.3) is 0 Å². The number of nitrogens with one attached hydrogen (secondary N) is 1. The minimum absolute atomic E-state index is 0.707. The molecular weight excluding hydrogens is 250 g/mol. The molecule has 0 radical (unpaired) electrons. The highest BCUT2D eigenvalue weighted by atomic mass is 16.5. The van der Waals surface area contributed by atoms with Crippen LogP contribution in [0.3, 0.4) is 0 Å². The van der Waals surface area contributed by atoms with Gasteiger partial charge in [-0.1, -0.05) is 0 Å². The highest BCUT2D eigenvalue weighted by molar-refractivity contribution is 5.94. The van der Waals surface area contributed by atoms with Crippen LogP contribution in [-0.2, 0) is 4.74 Å². The standard InChI is InChI=1S/C16H23N3O/c1-4-19(5-2)16-15-7-6-14(17-10-11-20-3)12-13(15)8-9-18-16/h6-9,12,17H,4-5,10-11H2,1-3H3. The van der Waals surface area contributed by atoms with Crippen LogP contribution in [0.5, 0.6) is 0 Å². The van der Waals surface area contributed by atoms with Gasteiger partial charge < -0.3 is 15.0 Å². The molecule has 1 N–H and O–H groups in total. The zero-order valence-electron chi connectivity index (χ0n) is 12.5. The lowest BCUT2D eigenvalue weighted by molar-refractivity contribution is 0.211. The Morgan fingerprint density at radius 2 is 2.00 bits per heavy atom. The number of anilines is 2. The molecule has 0 amide bonds. The number of benzene rings is 1. The molecule has 1 heterocycles. The quantitative estimate of drug-likeness (QED) is 0.786. The molecule has 108 valence electrons. The molecule has 4 nitrogen and oxygen atoms in total. The van der Waals surface area contributed by atoms with Gasteiger partial charge in [0.15, 0.2) is 0 Å². The molecule has 2 rings (SSSR count). The molecule has 0 atom stereocenters. The van der Waals surface area contributed by atoms with E-state index < -0.39 is 0 Å². The molecule has 1 aromatic heterocycles. The van der Waals surface area contributed by atoms with E-state index in [9.17, 15) is 0 Å². The van der Waals surface area contributed by atoms with Gasteiger partial charge in [-0.05, 0) is 43.5 Å². The summed E-state index contributed by atoms with van der Waals surface area (Å²) in [5.41, 5.74) is 1.12. The van der Waals surface area contributed by atoms with Gasteiger partial charge in [0.1, 0.15) is 5.82 Å². The van der Waals surface area contributed by atoms with Crippen molar-refractivity contribution in [2.45, 2.75) is 13.8 Å². The van der Waals surface area contributed by atoms with E-state index in [4.69, 9.17) is 4.74 Å². The van der Waals surface area contributed by atoms with Crippen LogP contribution in [0.25, 0.3) is 10.8 Å². The summed E-state index contributed by atoms with van der Waals surface area (Å²) in [6.45, 7) is 7.78. The fourth-order valence-electron chi connectivity index (χ4n) is 2.34. The van der Waals surface area contributed by atoms with Gasteiger partial charge in [-0.15, -0.1) is 0 Å². The number of pyridine rings is 1. The Morgan fingerprint density at radius 1 is 1.20 bits per heavy atom. The lowest BCUT2D eigenvalue weighted by Gasteiger charge is -2.21. The van der Waals surface area contributed by atoms with E-state index >= 15 is 0 Å². The first-order valence-electron chi connectivity index (χ1n) is 7.16.